The fourth-order valence-electron chi connectivity index (χ4n) is 1.82. The lowest BCUT2D eigenvalue weighted by Gasteiger charge is -2.13. The third kappa shape index (κ3) is 3.63. The van der Waals surface area contributed by atoms with Gasteiger partial charge in [-0.3, -0.25) is 0 Å². The lowest BCUT2D eigenvalue weighted by molar-refractivity contribution is 0.242. The van der Waals surface area contributed by atoms with Crippen molar-refractivity contribution in [2.24, 2.45) is 0 Å². The first-order valence-corrected chi connectivity index (χ1v) is 6.43. The second-order valence-electron chi connectivity index (χ2n) is 4.73. The fourth-order valence-corrected chi connectivity index (χ4v) is 1.82. The van der Waals surface area contributed by atoms with Crippen molar-refractivity contribution in [1.82, 2.24) is 0 Å². The zero-order valence-corrected chi connectivity index (χ0v) is 11.8. The van der Waals surface area contributed by atoms with Crippen molar-refractivity contribution < 1.29 is 13.9 Å². The van der Waals surface area contributed by atoms with Gasteiger partial charge in [0, 0.05) is 23.9 Å². The van der Waals surface area contributed by atoms with E-state index < -0.39 is 5.82 Å². The molecule has 0 radical (unpaired) electrons. The van der Waals surface area contributed by atoms with Crippen LogP contribution in [0.1, 0.15) is 19.4 Å². The van der Waals surface area contributed by atoms with E-state index in [0.717, 1.165) is 0 Å². The molecular formula is C16H15FN2O2. The Bertz CT molecular complexity index is 693. The maximum atomic E-state index is 13.5. The smallest absolute Gasteiger partial charge is 0.148 e. The molecule has 0 saturated carbocycles. The highest BCUT2D eigenvalue weighted by Gasteiger charge is 2.11. The van der Waals surface area contributed by atoms with Gasteiger partial charge in [-0.05, 0) is 26.0 Å². The average Bonchev–Trinajstić information content (AvgIpc) is 2.37. The first kappa shape index (κ1) is 14.7. The molecule has 0 aliphatic rings. The van der Waals surface area contributed by atoms with E-state index in [0.29, 0.717) is 17.2 Å². The van der Waals surface area contributed by atoms with E-state index in [9.17, 15) is 4.39 Å². The molecule has 2 aromatic rings. The van der Waals surface area contributed by atoms with Crippen LogP contribution in [0.4, 0.5) is 10.1 Å². The average molecular weight is 286 g/mol. The molecule has 108 valence electrons. The molecule has 0 saturated heterocycles. The maximum absolute atomic E-state index is 13.5. The largest absolute Gasteiger partial charge is 0.491 e. The summed E-state index contributed by atoms with van der Waals surface area (Å²) in [6.07, 6.45) is -0.0107. The molecule has 0 heterocycles. The summed E-state index contributed by atoms with van der Waals surface area (Å²) in [7, 11) is 0. The molecule has 2 rings (SSSR count). The number of halogens is 1. The van der Waals surface area contributed by atoms with Crippen molar-refractivity contribution in [3.05, 3.63) is 47.8 Å². The van der Waals surface area contributed by atoms with E-state index in [1.165, 1.54) is 18.2 Å². The summed E-state index contributed by atoms with van der Waals surface area (Å²) in [4.78, 5) is 0. The number of ether oxygens (including phenoxy) is 2. The molecular weight excluding hydrogens is 271 g/mol. The number of rotatable bonds is 4. The Labute approximate surface area is 122 Å². The highest BCUT2D eigenvalue weighted by molar-refractivity contribution is 5.53. The van der Waals surface area contributed by atoms with Crippen molar-refractivity contribution >= 4 is 5.69 Å². The number of nitriles is 1. The molecule has 4 nitrogen and oxygen atoms in total. The van der Waals surface area contributed by atoms with E-state index in [1.807, 2.05) is 13.8 Å². The molecule has 5 heteroatoms. The van der Waals surface area contributed by atoms with Gasteiger partial charge in [0.1, 0.15) is 34.7 Å². The fraction of sp³-hybridized carbons (Fsp3) is 0.188. The molecule has 0 aliphatic carbocycles. The lowest BCUT2D eigenvalue weighted by Crippen LogP contribution is -2.06. The zero-order valence-electron chi connectivity index (χ0n) is 11.8. The summed E-state index contributed by atoms with van der Waals surface area (Å²) in [5.41, 5.74) is 6.10. The van der Waals surface area contributed by atoms with Gasteiger partial charge in [-0.15, -0.1) is 0 Å². The van der Waals surface area contributed by atoms with Gasteiger partial charge in [-0.2, -0.15) is 5.26 Å². The predicted molar refractivity (Wildman–Crippen MR) is 77.8 cm³/mol. The van der Waals surface area contributed by atoms with Crippen LogP contribution in [-0.2, 0) is 0 Å². The van der Waals surface area contributed by atoms with Crippen molar-refractivity contribution in [2.75, 3.05) is 5.73 Å². The molecule has 0 bridgehead atoms. The van der Waals surface area contributed by atoms with Crippen molar-refractivity contribution in [2.45, 2.75) is 20.0 Å². The quantitative estimate of drug-likeness (QED) is 0.866. The standard InChI is InChI=1S/C16H15FN2O2/c1-10(2)20-12-6-11(19)7-13(8-12)21-16-5-3-4-15(17)14(16)9-18/h3-8,10H,19H2,1-2H3. The van der Waals surface area contributed by atoms with Gasteiger partial charge in [-0.25, -0.2) is 4.39 Å². The van der Waals surface area contributed by atoms with Crippen molar-refractivity contribution in [3.8, 4) is 23.3 Å². The summed E-state index contributed by atoms with van der Waals surface area (Å²) in [6, 6.07) is 10.9. The second-order valence-corrected chi connectivity index (χ2v) is 4.73. The molecule has 0 spiro atoms. The Balaban J connectivity index is 2.34. The highest BCUT2D eigenvalue weighted by Crippen LogP contribution is 2.31. The number of nitrogens with zero attached hydrogens (tertiary/aromatic N) is 1. The van der Waals surface area contributed by atoms with Gasteiger partial charge in [-0.1, -0.05) is 6.07 Å². The number of hydrogen-bond acceptors (Lipinski definition) is 4. The maximum Gasteiger partial charge on any atom is 0.148 e. The van der Waals surface area contributed by atoms with E-state index in [1.54, 1.807) is 24.3 Å². The third-order valence-corrected chi connectivity index (χ3v) is 2.59. The third-order valence-electron chi connectivity index (χ3n) is 2.59. The minimum Gasteiger partial charge on any atom is -0.491 e. The second kappa shape index (κ2) is 6.14. The summed E-state index contributed by atoms with van der Waals surface area (Å²) >= 11 is 0. The van der Waals surface area contributed by atoms with E-state index in [2.05, 4.69) is 0 Å². The number of nitrogen functional groups attached to an aromatic ring is 1. The number of hydrogen-bond donors (Lipinski definition) is 1. The van der Waals surface area contributed by atoms with Gasteiger partial charge in [0.2, 0.25) is 0 Å². The van der Waals surface area contributed by atoms with Crippen LogP contribution in [0.2, 0.25) is 0 Å². The Morgan fingerprint density at radius 2 is 1.90 bits per heavy atom. The SMILES string of the molecule is CC(C)Oc1cc(N)cc(Oc2cccc(F)c2C#N)c1. The van der Waals surface area contributed by atoms with Gasteiger partial charge in [0.15, 0.2) is 0 Å². The van der Waals surface area contributed by atoms with E-state index in [-0.39, 0.29) is 17.4 Å². The zero-order chi connectivity index (χ0) is 15.4. The van der Waals surface area contributed by atoms with Crippen LogP contribution in [0.25, 0.3) is 0 Å². The summed E-state index contributed by atoms with van der Waals surface area (Å²) < 4.78 is 24.6. The molecule has 2 aromatic carbocycles. The first-order valence-electron chi connectivity index (χ1n) is 6.43. The minimum absolute atomic E-state index is 0.0107. The Hall–Kier alpha value is -2.74. The van der Waals surface area contributed by atoms with E-state index in [4.69, 9.17) is 20.5 Å². The summed E-state index contributed by atoms with van der Waals surface area (Å²) in [5.74, 6) is 0.443. The highest BCUT2D eigenvalue weighted by atomic mass is 19.1. The molecule has 0 aliphatic heterocycles. The van der Waals surface area contributed by atoms with Crippen LogP contribution >= 0.6 is 0 Å². The van der Waals surface area contributed by atoms with Crippen LogP contribution in [0.3, 0.4) is 0 Å². The van der Waals surface area contributed by atoms with Gasteiger partial charge in [0.05, 0.1) is 6.10 Å². The predicted octanol–water partition coefficient (Wildman–Crippen LogP) is 3.86. The topological polar surface area (TPSA) is 68.3 Å². The summed E-state index contributed by atoms with van der Waals surface area (Å²) in [5, 5.41) is 8.99. The van der Waals surface area contributed by atoms with Crippen LogP contribution in [0, 0.1) is 17.1 Å². The first-order chi connectivity index (χ1) is 9.99. The Kier molecular flexibility index (Phi) is 4.29. The summed E-state index contributed by atoms with van der Waals surface area (Å²) in [6.45, 7) is 3.79. The molecule has 0 unspecified atom stereocenters. The van der Waals surface area contributed by atoms with Crippen molar-refractivity contribution in [1.29, 1.82) is 5.26 Å². The van der Waals surface area contributed by atoms with Crippen LogP contribution in [-0.4, -0.2) is 6.10 Å². The normalized spacial score (nSPS) is 10.2. The molecule has 0 fully saturated rings. The molecule has 2 N–H and O–H groups in total. The van der Waals surface area contributed by atoms with Crippen LogP contribution in [0.5, 0.6) is 17.2 Å². The van der Waals surface area contributed by atoms with Crippen LogP contribution < -0.4 is 15.2 Å². The Morgan fingerprint density at radius 3 is 2.57 bits per heavy atom. The Morgan fingerprint density at radius 1 is 1.19 bits per heavy atom. The van der Waals surface area contributed by atoms with E-state index >= 15 is 0 Å². The number of benzene rings is 2. The molecule has 0 aromatic heterocycles. The number of anilines is 1. The molecule has 0 atom stereocenters. The van der Waals surface area contributed by atoms with Gasteiger partial charge in [0.25, 0.3) is 0 Å². The monoisotopic (exact) mass is 286 g/mol. The minimum atomic E-state index is -0.627. The number of nitrogens with two attached hydrogens (primary N) is 1. The molecule has 21 heavy (non-hydrogen) atoms. The van der Waals surface area contributed by atoms with Crippen LogP contribution in [0.15, 0.2) is 36.4 Å². The van der Waals surface area contributed by atoms with Crippen molar-refractivity contribution in [3.63, 3.8) is 0 Å². The van der Waals surface area contributed by atoms with Gasteiger partial charge >= 0.3 is 0 Å². The van der Waals surface area contributed by atoms with Gasteiger partial charge < -0.3 is 15.2 Å². The lowest BCUT2D eigenvalue weighted by atomic mass is 10.2. The molecule has 0 amide bonds.